The highest BCUT2D eigenvalue weighted by molar-refractivity contribution is 6.02. The normalized spacial score (nSPS) is 12.3. The number of rotatable bonds is 5. The Labute approximate surface area is 134 Å². The van der Waals surface area contributed by atoms with Crippen LogP contribution in [0.4, 0.5) is 0 Å². The van der Waals surface area contributed by atoms with E-state index in [4.69, 9.17) is 4.74 Å². The summed E-state index contributed by atoms with van der Waals surface area (Å²) < 4.78 is 7.49. The molecule has 6 heteroatoms. The summed E-state index contributed by atoms with van der Waals surface area (Å²) >= 11 is 0. The SMILES string of the molecule is CCOCc1nc2cnc3cc(O)ccc3c2n1CC(C)(C)O. The number of ether oxygens (including phenoxy) is 1. The van der Waals surface area contributed by atoms with E-state index in [-0.39, 0.29) is 5.75 Å². The van der Waals surface area contributed by atoms with Gasteiger partial charge in [0, 0.05) is 18.1 Å². The predicted molar refractivity (Wildman–Crippen MR) is 88.3 cm³/mol. The molecule has 0 fully saturated rings. The van der Waals surface area contributed by atoms with Crippen molar-refractivity contribution in [3.63, 3.8) is 0 Å². The zero-order chi connectivity index (χ0) is 16.6. The first-order valence-corrected chi connectivity index (χ1v) is 7.66. The summed E-state index contributed by atoms with van der Waals surface area (Å²) in [6, 6.07) is 5.08. The summed E-state index contributed by atoms with van der Waals surface area (Å²) in [6.07, 6.45) is 1.69. The van der Waals surface area contributed by atoms with Crippen LogP contribution in [-0.4, -0.2) is 37.0 Å². The number of fused-ring (bicyclic) bond motifs is 3. The Morgan fingerprint density at radius 1 is 1.26 bits per heavy atom. The molecule has 0 aliphatic carbocycles. The monoisotopic (exact) mass is 315 g/mol. The molecule has 3 rings (SSSR count). The first-order chi connectivity index (χ1) is 10.9. The van der Waals surface area contributed by atoms with Crippen LogP contribution < -0.4 is 0 Å². The molecule has 3 aromatic rings. The Kier molecular flexibility index (Phi) is 3.95. The molecule has 0 aliphatic rings. The van der Waals surface area contributed by atoms with Gasteiger partial charge in [0.1, 0.15) is 23.7 Å². The molecular weight excluding hydrogens is 294 g/mol. The number of hydrogen-bond acceptors (Lipinski definition) is 5. The Balaban J connectivity index is 2.27. The molecule has 0 radical (unpaired) electrons. The van der Waals surface area contributed by atoms with Crippen molar-refractivity contribution < 1.29 is 14.9 Å². The van der Waals surface area contributed by atoms with E-state index in [1.807, 2.05) is 17.6 Å². The summed E-state index contributed by atoms with van der Waals surface area (Å²) in [4.78, 5) is 8.97. The van der Waals surface area contributed by atoms with Gasteiger partial charge in [0.05, 0.1) is 29.4 Å². The van der Waals surface area contributed by atoms with Crippen LogP contribution in [0.1, 0.15) is 26.6 Å². The fourth-order valence-corrected chi connectivity index (χ4v) is 2.71. The molecule has 6 nitrogen and oxygen atoms in total. The van der Waals surface area contributed by atoms with E-state index in [1.165, 1.54) is 0 Å². The molecule has 2 aromatic heterocycles. The Bertz CT molecular complexity index is 850. The molecule has 0 saturated carbocycles. The zero-order valence-electron chi connectivity index (χ0n) is 13.6. The van der Waals surface area contributed by atoms with Crippen molar-refractivity contribution in [1.29, 1.82) is 0 Å². The fraction of sp³-hybridized carbons (Fsp3) is 0.412. The number of aliphatic hydroxyl groups is 1. The third kappa shape index (κ3) is 3.13. The maximum Gasteiger partial charge on any atom is 0.136 e. The highest BCUT2D eigenvalue weighted by Gasteiger charge is 2.21. The Morgan fingerprint density at radius 2 is 2.04 bits per heavy atom. The topological polar surface area (TPSA) is 80.4 Å². The predicted octanol–water partition coefficient (Wildman–Crippen LogP) is 2.60. The van der Waals surface area contributed by atoms with Gasteiger partial charge < -0.3 is 19.5 Å². The first-order valence-electron chi connectivity index (χ1n) is 7.66. The van der Waals surface area contributed by atoms with Crippen LogP contribution in [0.3, 0.4) is 0 Å². The van der Waals surface area contributed by atoms with Crippen molar-refractivity contribution in [2.45, 2.75) is 39.5 Å². The maximum absolute atomic E-state index is 10.3. The number of nitrogens with zero attached hydrogens (tertiary/aromatic N) is 3. The Morgan fingerprint density at radius 3 is 2.74 bits per heavy atom. The lowest BCUT2D eigenvalue weighted by atomic mass is 10.1. The van der Waals surface area contributed by atoms with E-state index in [9.17, 15) is 10.2 Å². The lowest BCUT2D eigenvalue weighted by Crippen LogP contribution is -2.27. The lowest BCUT2D eigenvalue weighted by molar-refractivity contribution is 0.0582. The summed E-state index contributed by atoms with van der Waals surface area (Å²) in [5.41, 5.74) is 1.45. The van der Waals surface area contributed by atoms with E-state index in [2.05, 4.69) is 9.97 Å². The minimum Gasteiger partial charge on any atom is -0.508 e. The third-order valence-electron chi connectivity index (χ3n) is 3.62. The van der Waals surface area contributed by atoms with Crippen LogP contribution in [0.15, 0.2) is 24.4 Å². The summed E-state index contributed by atoms with van der Waals surface area (Å²) in [6.45, 7) is 6.82. The second-order valence-corrected chi connectivity index (χ2v) is 6.26. The largest absolute Gasteiger partial charge is 0.508 e. The van der Waals surface area contributed by atoms with Gasteiger partial charge in [0.2, 0.25) is 0 Å². The number of imidazole rings is 1. The van der Waals surface area contributed by atoms with Gasteiger partial charge in [-0.15, -0.1) is 0 Å². The fourth-order valence-electron chi connectivity index (χ4n) is 2.71. The average Bonchev–Trinajstić information content (AvgIpc) is 2.81. The quantitative estimate of drug-likeness (QED) is 0.756. The maximum atomic E-state index is 10.3. The molecule has 1 aromatic carbocycles. The molecule has 23 heavy (non-hydrogen) atoms. The van der Waals surface area contributed by atoms with Crippen molar-refractivity contribution in [3.8, 4) is 5.75 Å². The van der Waals surface area contributed by atoms with Gasteiger partial charge in [0.15, 0.2) is 0 Å². The summed E-state index contributed by atoms with van der Waals surface area (Å²) in [5, 5.41) is 20.8. The van der Waals surface area contributed by atoms with Crippen LogP contribution in [0.2, 0.25) is 0 Å². The molecule has 122 valence electrons. The molecule has 0 atom stereocenters. The van der Waals surface area contributed by atoms with Crippen molar-refractivity contribution >= 4 is 21.9 Å². The molecule has 0 amide bonds. The van der Waals surface area contributed by atoms with Crippen LogP contribution in [0, 0.1) is 0 Å². The molecule has 0 aliphatic heterocycles. The highest BCUT2D eigenvalue weighted by atomic mass is 16.5. The molecule has 2 N–H and O–H groups in total. The molecule has 0 unspecified atom stereocenters. The smallest absolute Gasteiger partial charge is 0.136 e. The molecule has 0 spiro atoms. The summed E-state index contributed by atoms with van der Waals surface area (Å²) in [5.74, 6) is 0.929. The number of phenols is 1. The van der Waals surface area contributed by atoms with Crippen LogP contribution in [0.25, 0.3) is 21.9 Å². The van der Waals surface area contributed by atoms with E-state index in [0.29, 0.717) is 25.3 Å². The number of hydrogen-bond donors (Lipinski definition) is 2. The number of pyridine rings is 1. The number of aromatic nitrogens is 3. The minimum absolute atomic E-state index is 0.174. The third-order valence-corrected chi connectivity index (χ3v) is 3.62. The zero-order valence-corrected chi connectivity index (χ0v) is 13.6. The van der Waals surface area contributed by atoms with Gasteiger partial charge in [-0.25, -0.2) is 4.98 Å². The molecular formula is C17H21N3O3. The van der Waals surface area contributed by atoms with Crippen LogP contribution in [0.5, 0.6) is 5.75 Å². The van der Waals surface area contributed by atoms with Gasteiger partial charge in [-0.1, -0.05) is 0 Å². The Hall–Kier alpha value is -2.18. The molecule has 0 bridgehead atoms. The second-order valence-electron chi connectivity index (χ2n) is 6.26. The first kappa shape index (κ1) is 15.7. The molecule has 0 saturated heterocycles. The lowest BCUT2D eigenvalue weighted by Gasteiger charge is -2.20. The van der Waals surface area contributed by atoms with Crippen molar-refractivity contribution in [2.75, 3.05) is 6.61 Å². The van der Waals surface area contributed by atoms with E-state index < -0.39 is 5.60 Å². The number of benzene rings is 1. The number of phenolic OH excluding ortho intramolecular Hbond substituents is 1. The highest BCUT2D eigenvalue weighted by Crippen LogP contribution is 2.28. The van der Waals surface area contributed by atoms with E-state index in [0.717, 1.165) is 22.2 Å². The van der Waals surface area contributed by atoms with Crippen LogP contribution >= 0.6 is 0 Å². The van der Waals surface area contributed by atoms with Gasteiger partial charge in [-0.3, -0.25) is 4.98 Å². The van der Waals surface area contributed by atoms with Gasteiger partial charge >= 0.3 is 0 Å². The van der Waals surface area contributed by atoms with Crippen molar-refractivity contribution in [1.82, 2.24) is 14.5 Å². The van der Waals surface area contributed by atoms with Gasteiger partial charge in [0.25, 0.3) is 0 Å². The second kappa shape index (κ2) is 5.79. The average molecular weight is 315 g/mol. The van der Waals surface area contributed by atoms with Gasteiger partial charge in [-0.2, -0.15) is 0 Å². The molecule has 2 heterocycles. The number of aromatic hydroxyl groups is 1. The van der Waals surface area contributed by atoms with Crippen LogP contribution in [-0.2, 0) is 17.9 Å². The van der Waals surface area contributed by atoms with E-state index >= 15 is 0 Å². The minimum atomic E-state index is -0.888. The standard InChI is InChI=1S/C17H21N3O3/c1-4-23-9-15-19-14-8-18-13-7-11(21)5-6-12(13)16(14)20(15)10-17(2,3)22/h5-8,21-22H,4,9-10H2,1-3H3. The van der Waals surface area contributed by atoms with Gasteiger partial charge in [-0.05, 0) is 32.9 Å². The van der Waals surface area contributed by atoms with Crippen molar-refractivity contribution in [2.24, 2.45) is 0 Å². The van der Waals surface area contributed by atoms with E-state index in [1.54, 1.807) is 32.2 Å². The van der Waals surface area contributed by atoms with Crippen molar-refractivity contribution in [3.05, 3.63) is 30.2 Å². The summed E-state index contributed by atoms with van der Waals surface area (Å²) in [7, 11) is 0.